The predicted octanol–water partition coefficient (Wildman–Crippen LogP) is 5.65. The first kappa shape index (κ1) is 33.2. The number of nitrogens with zero attached hydrogens (tertiary/aromatic N) is 6. The van der Waals surface area contributed by atoms with Crippen LogP contribution in [0.2, 0.25) is 0 Å². The number of aromatic nitrogens is 2. The Balaban J connectivity index is 1.08. The number of nitrogens with one attached hydrogen (secondary N) is 2. The van der Waals surface area contributed by atoms with Gasteiger partial charge in [-0.1, -0.05) is 6.58 Å². The molecule has 49 heavy (non-hydrogen) atoms. The molecule has 1 saturated carbocycles. The summed E-state index contributed by atoms with van der Waals surface area (Å²) in [5, 5.41) is 7.86. The number of hydroxylamine groups is 1. The number of carbonyl (C=O) groups is 1. The summed E-state index contributed by atoms with van der Waals surface area (Å²) in [6, 6.07) is 9.89. The summed E-state index contributed by atoms with van der Waals surface area (Å²) in [6.45, 7) is 10.4. The Morgan fingerprint density at radius 1 is 0.898 bits per heavy atom. The van der Waals surface area contributed by atoms with E-state index in [1.165, 1.54) is 56.9 Å². The maximum Gasteiger partial charge on any atom is 0.247 e. The molecule has 0 spiro atoms. The van der Waals surface area contributed by atoms with E-state index in [4.69, 9.17) is 9.57 Å². The second-order valence-corrected chi connectivity index (χ2v) is 13.2. The quantitative estimate of drug-likeness (QED) is 0.263. The van der Waals surface area contributed by atoms with Crippen LogP contribution in [0, 0.1) is 11.6 Å². The van der Waals surface area contributed by atoms with Crippen molar-refractivity contribution in [2.75, 3.05) is 73.6 Å². The Bertz CT molecular complexity index is 1640. The minimum atomic E-state index is -0.649. The summed E-state index contributed by atoms with van der Waals surface area (Å²) in [7, 11) is 1.61. The number of hydrogen-bond acceptors (Lipinski definition) is 10. The maximum atomic E-state index is 14.0. The summed E-state index contributed by atoms with van der Waals surface area (Å²) in [5.74, 6) is -0.171. The third-order valence-corrected chi connectivity index (χ3v) is 10.0. The third-order valence-electron chi connectivity index (χ3n) is 10.0. The molecular formula is C36H44F2N8O3. The van der Waals surface area contributed by atoms with Crippen LogP contribution in [0.4, 0.5) is 37.5 Å². The van der Waals surface area contributed by atoms with E-state index in [1.807, 2.05) is 12.1 Å². The third kappa shape index (κ3) is 7.63. The second kappa shape index (κ2) is 14.7. The van der Waals surface area contributed by atoms with Gasteiger partial charge in [0.2, 0.25) is 5.91 Å². The molecule has 3 aliphatic heterocycles. The van der Waals surface area contributed by atoms with Gasteiger partial charge < -0.3 is 20.3 Å². The SMILES string of the molecule is C=CC(=O)Nc1cc(Nc2cc(N3OCC[C@@H]3c3cc(F)cc(F)c3)ncn2)c(OC)cc1N1CCC(N2CCCN(C3CC3)CC2)CC1. The number of ether oxygens (including phenoxy) is 1. The molecule has 260 valence electrons. The van der Waals surface area contributed by atoms with Crippen LogP contribution in [0.25, 0.3) is 0 Å². The molecule has 7 rings (SSSR count). The van der Waals surface area contributed by atoms with Gasteiger partial charge in [-0.2, -0.15) is 0 Å². The zero-order chi connectivity index (χ0) is 33.9. The van der Waals surface area contributed by atoms with Crippen molar-refractivity contribution in [1.82, 2.24) is 19.8 Å². The van der Waals surface area contributed by atoms with Crippen LogP contribution in [0.3, 0.4) is 0 Å². The molecule has 0 unspecified atom stereocenters. The minimum absolute atomic E-state index is 0.313. The van der Waals surface area contributed by atoms with Gasteiger partial charge in [-0.3, -0.25) is 19.4 Å². The molecule has 2 N–H and O–H groups in total. The topological polar surface area (TPSA) is 98.3 Å². The van der Waals surface area contributed by atoms with Gasteiger partial charge in [0.05, 0.1) is 36.8 Å². The van der Waals surface area contributed by atoms with Crippen LogP contribution in [0.5, 0.6) is 5.75 Å². The molecule has 1 atom stereocenters. The van der Waals surface area contributed by atoms with Gasteiger partial charge in [0.15, 0.2) is 5.82 Å². The van der Waals surface area contributed by atoms with Gasteiger partial charge in [-0.15, -0.1) is 0 Å². The van der Waals surface area contributed by atoms with Crippen molar-refractivity contribution in [1.29, 1.82) is 0 Å². The largest absolute Gasteiger partial charge is 0.494 e. The number of methoxy groups -OCH3 is 1. The summed E-state index contributed by atoms with van der Waals surface area (Å²) in [6.07, 6.45) is 9.22. The molecule has 13 heteroatoms. The van der Waals surface area contributed by atoms with Crippen molar-refractivity contribution in [3.8, 4) is 5.75 Å². The molecule has 1 aromatic heterocycles. The second-order valence-electron chi connectivity index (χ2n) is 13.2. The van der Waals surface area contributed by atoms with Crippen molar-refractivity contribution in [2.24, 2.45) is 0 Å². The van der Waals surface area contributed by atoms with Crippen LogP contribution in [0.15, 0.2) is 55.4 Å². The molecular weight excluding hydrogens is 630 g/mol. The van der Waals surface area contributed by atoms with Crippen LogP contribution in [-0.4, -0.2) is 90.7 Å². The fourth-order valence-corrected chi connectivity index (χ4v) is 7.42. The number of piperidine rings is 1. The van der Waals surface area contributed by atoms with Gasteiger partial charge in [0.25, 0.3) is 0 Å². The lowest BCUT2D eigenvalue weighted by molar-refractivity contribution is -0.111. The monoisotopic (exact) mass is 674 g/mol. The molecule has 3 aromatic rings. The fourth-order valence-electron chi connectivity index (χ4n) is 7.42. The van der Waals surface area contributed by atoms with Crippen molar-refractivity contribution in [3.05, 3.63) is 72.6 Å². The lowest BCUT2D eigenvalue weighted by Gasteiger charge is -2.40. The molecule has 4 heterocycles. The van der Waals surface area contributed by atoms with Crippen LogP contribution < -0.4 is 25.3 Å². The lowest BCUT2D eigenvalue weighted by Crippen LogP contribution is -2.46. The van der Waals surface area contributed by atoms with Crippen molar-refractivity contribution in [2.45, 2.75) is 56.7 Å². The van der Waals surface area contributed by atoms with Crippen LogP contribution >= 0.6 is 0 Å². The highest BCUT2D eigenvalue weighted by Crippen LogP contribution is 2.41. The summed E-state index contributed by atoms with van der Waals surface area (Å²) in [5.41, 5.74) is 2.55. The summed E-state index contributed by atoms with van der Waals surface area (Å²) < 4.78 is 33.9. The van der Waals surface area contributed by atoms with Gasteiger partial charge in [0, 0.05) is 62.9 Å². The molecule has 11 nitrogen and oxygen atoms in total. The Kier molecular flexibility index (Phi) is 9.92. The molecule has 1 amide bonds. The summed E-state index contributed by atoms with van der Waals surface area (Å²) in [4.78, 5) is 34.9. The highest BCUT2D eigenvalue weighted by atomic mass is 19.1. The van der Waals surface area contributed by atoms with Crippen molar-refractivity contribution < 1.29 is 23.1 Å². The highest BCUT2D eigenvalue weighted by Gasteiger charge is 2.33. The van der Waals surface area contributed by atoms with E-state index >= 15 is 0 Å². The zero-order valence-corrected chi connectivity index (χ0v) is 27.9. The van der Waals surface area contributed by atoms with E-state index in [2.05, 4.69) is 41.9 Å². The molecule has 2 aromatic carbocycles. The van der Waals surface area contributed by atoms with E-state index in [-0.39, 0.29) is 5.91 Å². The Morgan fingerprint density at radius 3 is 2.29 bits per heavy atom. The average Bonchev–Trinajstić information content (AvgIpc) is 3.88. The number of halogens is 2. The van der Waals surface area contributed by atoms with E-state index in [0.717, 1.165) is 56.8 Å². The van der Waals surface area contributed by atoms with E-state index in [1.54, 1.807) is 18.2 Å². The molecule has 3 saturated heterocycles. The molecule has 0 radical (unpaired) electrons. The normalized spacial score (nSPS) is 21.0. The molecule has 0 bridgehead atoms. The number of carbonyl (C=O) groups excluding carboxylic acids is 1. The fraction of sp³-hybridized carbons (Fsp3) is 0.472. The molecule has 4 fully saturated rings. The standard InChI is InChI=1S/C36H44F2N8O3/c1-3-36(47)42-29-20-30(41-34-22-35(40-23-39-34)46-31(9-16-49-46)24-17-25(37)19-26(38)18-24)33(48-2)21-32(29)45-12-7-28(8-13-45)44-11-4-10-43(14-15-44)27-5-6-27/h3,17-23,27-28,31H,1,4-16H2,2H3,(H,42,47)(H,39,40,41)/t31-/m1/s1. The first-order chi connectivity index (χ1) is 23.9. The minimum Gasteiger partial charge on any atom is -0.494 e. The lowest BCUT2D eigenvalue weighted by atomic mass is 10.0. The van der Waals surface area contributed by atoms with Crippen LogP contribution in [0.1, 0.15) is 50.1 Å². The predicted molar refractivity (Wildman–Crippen MR) is 185 cm³/mol. The Hall–Kier alpha value is -4.33. The Labute approximate surface area is 285 Å². The van der Waals surface area contributed by atoms with E-state index in [9.17, 15) is 13.6 Å². The van der Waals surface area contributed by atoms with Crippen molar-refractivity contribution in [3.63, 3.8) is 0 Å². The zero-order valence-electron chi connectivity index (χ0n) is 27.9. The van der Waals surface area contributed by atoms with Gasteiger partial charge >= 0.3 is 0 Å². The van der Waals surface area contributed by atoms with E-state index in [0.29, 0.717) is 53.4 Å². The number of amides is 1. The molecule has 1 aliphatic carbocycles. The van der Waals surface area contributed by atoms with E-state index < -0.39 is 17.7 Å². The smallest absolute Gasteiger partial charge is 0.247 e. The highest BCUT2D eigenvalue weighted by molar-refractivity contribution is 6.02. The average molecular weight is 675 g/mol. The van der Waals surface area contributed by atoms with Gasteiger partial charge in [0.1, 0.15) is 29.5 Å². The van der Waals surface area contributed by atoms with Crippen molar-refractivity contribution >= 4 is 34.6 Å². The maximum absolute atomic E-state index is 14.0. The molecule has 4 aliphatic rings. The number of rotatable bonds is 10. The summed E-state index contributed by atoms with van der Waals surface area (Å²) >= 11 is 0. The number of benzene rings is 2. The van der Waals surface area contributed by atoms with Gasteiger partial charge in [-0.05, 0) is 75.0 Å². The Morgan fingerprint density at radius 2 is 1.61 bits per heavy atom. The first-order valence-electron chi connectivity index (χ1n) is 17.2. The van der Waals surface area contributed by atoms with Gasteiger partial charge in [-0.25, -0.2) is 23.8 Å². The van der Waals surface area contributed by atoms with Crippen LogP contribution in [-0.2, 0) is 9.63 Å². The first-order valence-corrected chi connectivity index (χ1v) is 17.2. The number of anilines is 5. The number of hydrogen-bond donors (Lipinski definition) is 2.